The fourth-order valence-corrected chi connectivity index (χ4v) is 4.73. The maximum Gasteiger partial charge on any atom is 0.511 e. The third-order valence-corrected chi connectivity index (χ3v) is 7.01. The minimum Gasteiger partial charge on any atom is -0.449 e. The van der Waals surface area contributed by atoms with Crippen molar-refractivity contribution in [1.29, 1.82) is 5.26 Å². The average Bonchev–Trinajstić information content (AvgIpc) is 2.80. The van der Waals surface area contributed by atoms with Gasteiger partial charge in [-0.05, 0) is 37.3 Å². The summed E-state index contributed by atoms with van der Waals surface area (Å²) in [4.78, 5) is 24.9. The van der Waals surface area contributed by atoms with Crippen molar-refractivity contribution in [2.45, 2.75) is 31.0 Å². The second-order valence-electron chi connectivity index (χ2n) is 7.35. The normalized spacial score (nSPS) is 16.5. The van der Waals surface area contributed by atoms with Crippen molar-refractivity contribution >= 4 is 27.7 Å². The molecule has 0 bridgehead atoms. The number of rotatable bonds is 5. The summed E-state index contributed by atoms with van der Waals surface area (Å²) in [6, 6.07) is 6.85. The molecule has 0 fully saturated rings. The van der Waals surface area contributed by atoms with Gasteiger partial charge in [0.05, 0.1) is 39.2 Å². The lowest BCUT2D eigenvalue weighted by molar-refractivity contribution is -0.137. The fraction of sp³-hybridized carbons (Fsp3) is 0.227. The molecule has 2 N–H and O–H groups in total. The Bertz CT molecular complexity index is 1380. The van der Waals surface area contributed by atoms with Gasteiger partial charge in [-0.25, -0.2) is 18.0 Å². The van der Waals surface area contributed by atoms with Gasteiger partial charge in [0.25, 0.3) is 0 Å². The second-order valence-corrected chi connectivity index (χ2v) is 9.60. The minimum absolute atomic E-state index is 0.00917. The Balaban J connectivity index is 2.24. The summed E-state index contributed by atoms with van der Waals surface area (Å²) in [5.41, 5.74) is -1.50. The van der Waals surface area contributed by atoms with Crippen molar-refractivity contribution in [2.75, 3.05) is 10.7 Å². The number of anilines is 1. The lowest BCUT2D eigenvalue weighted by Crippen LogP contribution is -2.47. The lowest BCUT2D eigenvalue weighted by Gasteiger charge is -2.35. The van der Waals surface area contributed by atoms with Gasteiger partial charge in [0.2, 0.25) is 0 Å². The summed E-state index contributed by atoms with van der Waals surface area (Å²) >= 11 is 0. The molecule has 1 aliphatic rings. The molecule has 2 aromatic rings. The Morgan fingerprint density at radius 2 is 1.94 bits per heavy atom. The molecule has 0 radical (unpaired) electrons. The Kier molecular flexibility index (Phi) is 6.80. The zero-order valence-corrected chi connectivity index (χ0v) is 19.1. The van der Waals surface area contributed by atoms with E-state index in [4.69, 9.17) is 4.74 Å². The summed E-state index contributed by atoms with van der Waals surface area (Å²) in [5, 5.41) is 20.9. The van der Waals surface area contributed by atoms with E-state index in [0.717, 1.165) is 23.1 Å². The van der Waals surface area contributed by atoms with Crippen molar-refractivity contribution in [3.8, 4) is 6.07 Å². The Morgan fingerprint density at radius 3 is 2.51 bits per heavy atom. The van der Waals surface area contributed by atoms with Gasteiger partial charge in [-0.15, -0.1) is 0 Å². The van der Waals surface area contributed by atoms with Crippen LogP contribution in [0.3, 0.4) is 0 Å². The number of carbonyl (C=O) groups excluding carboxylic acids is 1. The number of benzene rings is 2. The highest BCUT2D eigenvalue weighted by atomic mass is 32.2. The van der Waals surface area contributed by atoms with E-state index in [2.05, 4.69) is 5.32 Å². The number of carboxylic acid groups (broad SMARTS) is 1. The van der Waals surface area contributed by atoms with E-state index in [9.17, 15) is 41.5 Å². The number of carbonyl (C=O) groups is 2. The zero-order valence-electron chi connectivity index (χ0n) is 18.3. The molecule has 0 saturated heterocycles. The standard InChI is InChI=1S/C22H18F3N3O6S/c1-3-35(32,33)17-9-13(11-26)7-8-16(17)18-19(34-21(30)31)12(2)28(20(29)27-18)15-6-4-5-14(10-15)22(23,24)25/h4-10,18H,3H2,1-2H3,(H,27,29)(H,30,31). The van der Waals surface area contributed by atoms with Crippen LogP contribution in [0.15, 0.2) is 58.8 Å². The highest BCUT2D eigenvalue weighted by Gasteiger charge is 2.39. The lowest BCUT2D eigenvalue weighted by atomic mass is 10.00. The summed E-state index contributed by atoms with van der Waals surface area (Å²) in [5.74, 6) is -0.782. The Morgan fingerprint density at radius 1 is 1.26 bits per heavy atom. The molecule has 0 aromatic heterocycles. The maximum atomic E-state index is 13.2. The average molecular weight is 509 g/mol. The first-order valence-corrected chi connectivity index (χ1v) is 11.6. The van der Waals surface area contributed by atoms with Crippen LogP contribution in [0.1, 0.15) is 36.6 Å². The molecule has 3 rings (SSSR count). The molecule has 35 heavy (non-hydrogen) atoms. The van der Waals surface area contributed by atoms with Crippen molar-refractivity contribution in [3.63, 3.8) is 0 Å². The molecular formula is C22H18F3N3O6S. The van der Waals surface area contributed by atoms with Crippen LogP contribution in [0.2, 0.25) is 0 Å². The largest absolute Gasteiger partial charge is 0.511 e. The third kappa shape index (κ3) is 5.07. The molecule has 2 amide bonds. The van der Waals surface area contributed by atoms with E-state index in [1.807, 2.05) is 6.07 Å². The number of nitriles is 1. The van der Waals surface area contributed by atoms with Crippen molar-refractivity contribution in [3.05, 3.63) is 70.6 Å². The molecule has 0 aliphatic carbocycles. The van der Waals surface area contributed by atoms with E-state index in [-0.39, 0.29) is 33.2 Å². The van der Waals surface area contributed by atoms with E-state index in [1.165, 1.54) is 32.0 Å². The molecule has 184 valence electrons. The van der Waals surface area contributed by atoms with Gasteiger partial charge in [0.1, 0.15) is 6.04 Å². The number of ether oxygens (including phenoxy) is 1. The number of hydrogen-bond donors (Lipinski definition) is 2. The number of halogens is 3. The highest BCUT2D eigenvalue weighted by Crippen LogP contribution is 2.38. The number of nitrogens with zero attached hydrogens (tertiary/aromatic N) is 2. The molecule has 9 nitrogen and oxygen atoms in total. The van der Waals surface area contributed by atoms with Crippen LogP contribution in [0, 0.1) is 11.3 Å². The van der Waals surface area contributed by atoms with Gasteiger partial charge in [-0.1, -0.05) is 19.1 Å². The number of nitrogens with one attached hydrogen (secondary N) is 1. The molecule has 1 unspecified atom stereocenters. The topological polar surface area (TPSA) is 137 Å². The van der Waals surface area contributed by atoms with Crippen LogP contribution in [0.5, 0.6) is 0 Å². The number of alkyl halides is 3. The Hall–Kier alpha value is -4.05. The van der Waals surface area contributed by atoms with Gasteiger partial charge in [-0.3, -0.25) is 4.90 Å². The molecule has 0 spiro atoms. The highest BCUT2D eigenvalue weighted by molar-refractivity contribution is 7.91. The van der Waals surface area contributed by atoms with Gasteiger partial charge < -0.3 is 15.2 Å². The zero-order chi connectivity index (χ0) is 26.1. The summed E-state index contributed by atoms with van der Waals surface area (Å²) in [6.07, 6.45) is -6.49. The number of sulfone groups is 1. The summed E-state index contributed by atoms with van der Waals surface area (Å²) in [6.45, 7) is 2.62. The predicted octanol–water partition coefficient (Wildman–Crippen LogP) is 4.57. The van der Waals surface area contributed by atoms with Gasteiger partial charge in [0, 0.05) is 5.56 Å². The summed E-state index contributed by atoms with van der Waals surface area (Å²) < 4.78 is 69.9. The van der Waals surface area contributed by atoms with Gasteiger partial charge >= 0.3 is 18.4 Å². The first-order chi connectivity index (χ1) is 16.3. The molecule has 1 heterocycles. The number of hydrogen-bond acceptors (Lipinski definition) is 6. The maximum absolute atomic E-state index is 13.2. The first kappa shape index (κ1) is 25.6. The molecular weight excluding hydrogens is 491 g/mol. The van der Waals surface area contributed by atoms with E-state index in [0.29, 0.717) is 6.07 Å². The van der Waals surface area contributed by atoms with Crippen LogP contribution in [0.25, 0.3) is 0 Å². The van der Waals surface area contributed by atoms with Crippen LogP contribution in [-0.4, -0.2) is 31.5 Å². The van der Waals surface area contributed by atoms with Gasteiger partial charge in [-0.2, -0.15) is 18.4 Å². The SMILES string of the molecule is CCS(=O)(=O)c1cc(C#N)ccc1C1NC(=O)N(c2cccc(C(F)(F)F)c2)C(C)=C1OC(=O)O. The minimum atomic E-state index is -4.70. The summed E-state index contributed by atoms with van der Waals surface area (Å²) in [7, 11) is -3.95. The first-order valence-electron chi connectivity index (χ1n) is 9.96. The molecule has 1 atom stereocenters. The van der Waals surface area contributed by atoms with Crippen molar-refractivity contribution in [2.24, 2.45) is 0 Å². The van der Waals surface area contributed by atoms with E-state index >= 15 is 0 Å². The number of urea groups is 1. The quantitative estimate of drug-likeness (QED) is 0.564. The third-order valence-electron chi connectivity index (χ3n) is 5.22. The van der Waals surface area contributed by atoms with Crippen LogP contribution in [-0.2, 0) is 20.8 Å². The fourth-order valence-electron chi connectivity index (χ4n) is 3.57. The smallest absolute Gasteiger partial charge is 0.449 e. The van der Waals surface area contributed by atoms with Gasteiger partial charge in [0.15, 0.2) is 15.6 Å². The monoisotopic (exact) mass is 509 g/mol. The molecule has 0 saturated carbocycles. The van der Waals surface area contributed by atoms with Crippen LogP contribution < -0.4 is 10.2 Å². The molecule has 2 aromatic carbocycles. The predicted molar refractivity (Wildman–Crippen MR) is 116 cm³/mol. The Labute approximate surface area is 197 Å². The number of allylic oxidation sites excluding steroid dienone is 1. The molecule has 13 heteroatoms. The number of amides is 2. The van der Waals surface area contributed by atoms with E-state index < -0.39 is 45.6 Å². The van der Waals surface area contributed by atoms with Crippen molar-refractivity contribution < 1.29 is 41.0 Å². The molecule has 1 aliphatic heterocycles. The second kappa shape index (κ2) is 9.30. The van der Waals surface area contributed by atoms with E-state index in [1.54, 1.807) is 0 Å². The van der Waals surface area contributed by atoms with Crippen LogP contribution in [0.4, 0.5) is 28.4 Å². The van der Waals surface area contributed by atoms with Crippen molar-refractivity contribution in [1.82, 2.24) is 5.32 Å². The van der Waals surface area contributed by atoms with Crippen LogP contribution >= 0.6 is 0 Å².